The van der Waals surface area contributed by atoms with Gasteiger partial charge in [-0.1, -0.05) is 0 Å². The van der Waals surface area contributed by atoms with Crippen LogP contribution in [-0.4, -0.2) is 60.9 Å². The molecule has 0 aromatic heterocycles. The van der Waals surface area contributed by atoms with E-state index in [1.165, 1.54) is 0 Å². The molecule has 6 heteroatoms. The van der Waals surface area contributed by atoms with Crippen LogP contribution in [0.4, 0.5) is 0 Å². The van der Waals surface area contributed by atoms with E-state index in [1.54, 1.807) is 6.92 Å². The number of rotatable bonds is 4. The summed E-state index contributed by atoms with van der Waals surface area (Å²) in [6, 6.07) is -0.409. The largest absolute Gasteiger partial charge is 0.479 e. The van der Waals surface area contributed by atoms with Crippen molar-refractivity contribution in [3.63, 3.8) is 0 Å². The summed E-state index contributed by atoms with van der Waals surface area (Å²) in [7, 11) is 0. The van der Waals surface area contributed by atoms with Crippen molar-refractivity contribution in [2.45, 2.75) is 13.0 Å². The number of ether oxygens (including phenoxy) is 2. The first kappa shape index (κ1) is 11.9. The topological polar surface area (TPSA) is 76.1 Å². The van der Waals surface area contributed by atoms with Gasteiger partial charge >= 0.3 is 11.9 Å². The molecule has 0 radical (unpaired) electrons. The summed E-state index contributed by atoms with van der Waals surface area (Å²) in [5, 5.41) is 8.34. The average molecular weight is 217 g/mol. The molecule has 0 spiro atoms. The monoisotopic (exact) mass is 217 g/mol. The lowest BCUT2D eigenvalue weighted by atomic mass is 10.2. The highest BCUT2D eigenvalue weighted by atomic mass is 16.6. The molecule has 1 aliphatic rings. The third kappa shape index (κ3) is 3.85. The van der Waals surface area contributed by atoms with Crippen LogP contribution in [0.25, 0.3) is 0 Å². The molecule has 0 aromatic carbocycles. The molecule has 1 saturated heterocycles. The molecule has 1 unspecified atom stereocenters. The minimum Gasteiger partial charge on any atom is -0.479 e. The van der Waals surface area contributed by atoms with E-state index in [9.17, 15) is 9.59 Å². The second-order valence-corrected chi connectivity index (χ2v) is 3.33. The molecule has 1 aliphatic heterocycles. The van der Waals surface area contributed by atoms with Gasteiger partial charge in [0, 0.05) is 13.1 Å². The van der Waals surface area contributed by atoms with Gasteiger partial charge in [-0.3, -0.25) is 9.69 Å². The maximum absolute atomic E-state index is 11.4. The van der Waals surface area contributed by atoms with E-state index in [0.717, 1.165) is 0 Å². The Morgan fingerprint density at radius 1 is 1.47 bits per heavy atom. The molecule has 0 saturated carbocycles. The molecular weight excluding hydrogens is 202 g/mol. The van der Waals surface area contributed by atoms with Crippen molar-refractivity contribution in [3.05, 3.63) is 0 Å². The van der Waals surface area contributed by atoms with Crippen molar-refractivity contribution in [3.8, 4) is 0 Å². The molecule has 0 bridgehead atoms. The highest BCUT2D eigenvalue weighted by Crippen LogP contribution is 2.05. The Labute approximate surface area is 87.8 Å². The fourth-order valence-corrected chi connectivity index (χ4v) is 1.37. The standard InChI is InChI=1S/C9H15NO5/c1-7(9(13)15-6-8(11)12)10-2-4-14-5-3-10/h7H,2-6H2,1H3,(H,11,12). The van der Waals surface area contributed by atoms with Gasteiger partial charge in [0.1, 0.15) is 6.04 Å². The summed E-state index contributed by atoms with van der Waals surface area (Å²) in [5.74, 6) is -1.64. The smallest absolute Gasteiger partial charge is 0.341 e. The van der Waals surface area contributed by atoms with Gasteiger partial charge in [0.15, 0.2) is 6.61 Å². The van der Waals surface area contributed by atoms with E-state index in [1.807, 2.05) is 4.90 Å². The normalized spacial score (nSPS) is 19.5. The highest BCUT2D eigenvalue weighted by Gasteiger charge is 2.24. The van der Waals surface area contributed by atoms with E-state index in [4.69, 9.17) is 9.84 Å². The number of morpholine rings is 1. The van der Waals surface area contributed by atoms with Crippen LogP contribution in [0.1, 0.15) is 6.92 Å². The fourth-order valence-electron chi connectivity index (χ4n) is 1.37. The Morgan fingerprint density at radius 2 is 2.07 bits per heavy atom. The predicted octanol–water partition coefficient (Wildman–Crippen LogP) is -0.665. The Hall–Kier alpha value is -1.14. The number of carboxylic acid groups (broad SMARTS) is 1. The van der Waals surface area contributed by atoms with Crippen LogP contribution in [0.5, 0.6) is 0 Å². The lowest BCUT2D eigenvalue weighted by Crippen LogP contribution is -2.46. The van der Waals surface area contributed by atoms with Crippen molar-refractivity contribution in [2.75, 3.05) is 32.9 Å². The predicted molar refractivity (Wildman–Crippen MR) is 50.4 cm³/mol. The van der Waals surface area contributed by atoms with E-state index < -0.39 is 24.6 Å². The Bertz CT molecular complexity index is 237. The molecule has 1 N–H and O–H groups in total. The zero-order valence-corrected chi connectivity index (χ0v) is 8.64. The molecule has 1 rings (SSSR count). The van der Waals surface area contributed by atoms with Gasteiger partial charge in [-0.2, -0.15) is 0 Å². The molecule has 6 nitrogen and oxygen atoms in total. The summed E-state index contributed by atoms with van der Waals surface area (Å²) in [6.45, 7) is 3.66. The molecule has 1 fully saturated rings. The number of nitrogens with zero attached hydrogens (tertiary/aromatic N) is 1. The molecule has 0 amide bonds. The Kier molecular flexibility index (Phi) is 4.51. The SMILES string of the molecule is CC(C(=O)OCC(=O)O)N1CCOCC1. The van der Waals surface area contributed by atoms with Crippen molar-refractivity contribution in [1.29, 1.82) is 0 Å². The number of aliphatic carboxylic acids is 1. The number of carbonyl (C=O) groups excluding carboxylic acids is 1. The zero-order valence-electron chi connectivity index (χ0n) is 8.64. The summed E-state index contributed by atoms with van der Waals surface area (Å²) >= 11 is 0. The lowest BCUT2D eigenvalue weighted by Gasteiger charge is -2.30. The van der Waals surface area contributed by atoms with E-state index in [-0.39, 0.29) is 0 Å². The second-order valence-electron chi connectivity index (χ2n) is 3.33. The number of carbonyl (C=O) groups is 2. The molecule has 1 atom stereocenters. The van der Waals surface area contributed by atoms with Crippen molar-refractivity contribution < 1.29 is 24.2 Å². The van der Waals surface area contributed by atoms with Gasteiger partial charge in [-0.15, -0.1) is 0 Å². The third-order valence-corrected chi connectivity index (χ3v) is 2.27. The maximum Gasteiger partial charge on any atom is 0.341 e. The van der Waals surface area contributed by atoms with E-state index >= 15 is 0 Å². The first-order valence-electron chi connectivity index (χ1n) is 4.81. The van der Waals surface area contributed by atoms with Crippen LogP contribution in [0.15, 0.2) is 0 Å². The van der Waals surface area contributed by atoms with E-state index in [0.29, 0.717) is 26.3 Å². The van der Waals surface area contributed by atoms with Gasteiger partial charge < -0.3 is 14.6 Å². The average Bonchev–Trinajstić information content (AvgIpc) is 2.26. The van der Waals surface area contributed by atoms with Crippen LogP contribution in [0, 0.1) is 0 Å². The molecular formula is C9H15NO5. The lowest BCUT2D eigenvalue weighted by molar-refractivity contribution is -0.159. The summed E-state index contributed by atoms with van der Waals surface area (Å²) in [5.41, 5.74) is 0. The van der Waals surface area contributed by atoms with Crippen LogP contribution in [0.2, 0.25) is 0 Å². The highest BCUT2D eigenvalue weighted by molar-refractivity contribution is 5.78. The second kappa shape index (κ2) is 5.67. The van der Waals surface area contributed by atoms with Crippen LogP contribution < -0.4 is 0 Å². The number of carboxylic acids is 1. The van der Waals surface area contributed by atoms with Gasteiger partial charge in [-0.25, -0.2) is 4.79 Å². The summed E-state index contributed by atoms with van der Waals surface area (Å²) < 4.78 is 9.74. The number of hydrogen-bond acceptors (Lipinski definition) is 5. The van der Waals surface area contributed by atoms with Gasteiger partial charge in [0.2, 0.25) is 0 Å². The van der Waals surface area contributed by atoms with Crippen molar-refractivity contribution >= 4 is 11.9 Å². The van der Waals surface area contributed by atoms with Gasteiger partial charge in [0.25, 0.3) is 0 Å². The first-order valence-corrected chi connectivity index (χ1v) is 4.81. The summed E-state index contributed by atoms with van der Waals surface area (Å²) in [6.07, 6.45) is 0. The summed E-state index contributed by atoms with van der Waals surface area (Å²) in [4.78, 5) is 23.5. The van der Waals surface area contributed by atoms with Crippen LogP contribution in [0.3, 0.4) is 0 Å². The minimum atomic E-state index is -1.14. The van der Waals surface area contributed by atoms with Gasteiger partial charge in [-0.05, 0) is 6.92 Å². The molecule has 0 aromatic rings. The van der Waals surface area contributed by atoms with Crippen LogP contribution >= 0.6 is 0 Å². The molecule has 1 heterocycles. The Morgan fingerprint density at radius 3 is 2.60 bits per heavy atom. The fraction of sp³-hybridized carbons (Fsp3) is 0.778. The minimum absolute atomic E-state index is 0.409. The molecule has 0 aliphatic carbocycles. The van der Waals surface area contributed by atoms with Gasteiger partial charge in [0.05, 0.1) is 13.2 Å². The molecule has 15 heavy (non-hydrogen) atoms. The van der Waals surface area contributed by atoms with Crippen LogP contribution in [-0.2, 0) is 19.1 Å². The number of hydrogen-bond donors (Lipinski definition) is 1. The van der Waals surface area contributed by atoms with E-state index in [2.05, 4.69) is 4.74 Å². The number of esters is 1. The molecule has 86 valence electrons. The zero-order chi connectivity index (χ0) is 11.3. The first-order chi connectivity index (χ1) is 7.11. The maximum atomic E-state index is 11.4. The quantitative estimate of drug-likeness (QED) is 0.630. The van der Waals surface area contributed by atoms with Crippen molar-refractivity contribution in [2.24, 2.45) is 0 Å². The van der Waals surface area contributed by atoms with Crippen molar-refractivity contribution in [1.82, 2.24) is 4.90 Å². The third-order valence-electron chi connectivity index (χ3n) is 2.27. The Balaban J connectivity index is 2.33.